The Balaban J connectivity index is 1.82. The lowest BCUT2D eigenvalue weighted by atomic mass is 9.79. The summed E-state index contributed by atoms with van der Waals surface area (Å²) in [5.74, 6) is 1.27. The van der Waals surface area contributed by atoms with Gasteiger partial charge in [-0.25, -0.2) is 0 Å². The molecule has 0 spiro atoms. The van der Waals surface area contributed by atoms with E-state index in [2.05, 4.69) is 56.8 Å². The number of aliphatic imine (C=N–C) groups is 1. The molecule has 3 aliphatic rings. The third-order valence-corrected chi connectivity index (χ3v) is 5.46. The summed E-state index contributed by atoms with van der Waals surface area (Å²) in [5, 5.41) is 3.47. The molecule has 2 heterocycles. The van der Waals surface area contributed by atoms with Gasteiger partial charge in [0, 0.05) is 30.6 Å². The second kappa shape index (κ2) is 4.22. The van der Waals surface area contributed by atoms with Gasteiger partial charge in [-0.1, -0.05) is 20.8 Å². The Morgan fingerprint density at radius 3 is 2.35 bits per heavy atom. The molecule has 1 saturated carbocycles. The summed E-state index contributed by atoms with van der Waals surface area (Å²) in [7, 11) is 0. The van der Waals surface area contributed by atoms with E-state index in [-0.39, 0.29) is 5.54 Å². The number of piperidine rings is 1. The molecule has 3 heteroatoms. The maximum Gasteiger partial charge on any atom is 0.0970 e. The monoisotopic (exact) mass is 277 g/mol. The van der Waals surface area contributed by atoms with Crippen LogP contribution >= 0.6 is 0 Å². The van der Waals surface area contributed by atoms with Crippen molar-refractivity contribution >= 4 is 5.84 Å². The van der Waals surface area contributed by atoms with E-state index in [4.69, 9.17) is 0 Å². The standard InChI is InChI=1S/C17H31N3/c1-15(2,3)12-9-17(11-14-18-7-8-19-14)10-13(17)20(12)16(4,5)6/h12-13H,7-11H2,1-6H3,(H,18,19)/t12-,13?,17-/m0/s1. The van der Waals surface area contributed by atoms with Crippen LogP contribution in [0.1, 0.15) is 60.8 Å². The zero-order valence-corrected chi connectivity index (χ0v) is 14.1. The molecular weight excluding hydrogens is 246 g/mol. The number of nitrogens with zero attached hydrogens (tertiary/aromatic N) is 2. The van der Waals surface area contributed by atoms with Crippen LogP contribution in [0.2, 0.25) is 0 Å². The zero-order valence-electron chi connectivity index (χ0n) is 14.1. The molecule has 1 N–H and O–H groups in total. The van der Waals surface area contributed by atoms with Crippen LogP contribution in [0.25, 0.3) is 0 Å². The van der Waals surface area contributed by atoms with Gasteiger partial charge in [-0.3, -0.25) is 9.89 Å². The number of amidine groups is 1. The van der Waals surface area contributed by atoms with Gasteiger partial charge in [0.2, 0.25) is 0 Å². The summed E-state index contributed by atoms with van der Waals surface area (Å²) in [6.07, 6.45) is 3.90. The molecule has 2 fully saturated rings. The molecule has 0 amide bonds. The third-order valence-electron chi connectivity index (χ3n) is 5.46. The van der Waals surface area contributed by atoms with Gasteiger partial charge in [0.15, 0.2) is 0 Å². The Hall–Kier alpha value is -0.570. The average Bonchev–Trinajstić information content (AvgIpc) is 2.70. The topological polar surface area (TPSA) is 27.6 Å². The summed E-state index contributed by atoms with van der Waals surface area (Å²) in [6, 6.07) is 1.47. The lowest BCUT2D eigenvalue weighted by Gasteiger charge is -2.45. The predicted octanol–water partition coefficient (Wildman–Crippen LogP) is 3.06. The number of fused-ring (bicyclic) bond motifs is 1. The van der Waals surface area contributed by atoms with Gasteiger partial charge in [0.05, 0.1) is 12.4 Å². The van der Waals surface area contributed by atoms with Gasteiger partial charge in [0.25, 0.3) is 0 Å². The fourth-order valence-electron chi connectivity index (χ4n) is 4.46. The molecular formula is C17H31N3. The van der Waals surface area contributed by atoms with Crippen molar-refractivity contribution in [2.75, 3.05) is 13.1 Å². The molecule has 3 atom stereocenters. The summed E-state index contributed by atoms with van der Waals surface area (Å²) in [4.78, 5) is 7.45. The molecule has 0 bridgehead atoms. The Kier molecular flexibility index (Phi) is 3.03. The lowest BCUT2D eigenvalue weighted by Crippen LogP contribution is -2.51. The van der Waals surface area contributed by atoms with Gasteiger partial charge in [-0.15, -0.1) is 0 Å². The van der Waals surface area contributed by atoms with E-state index in [0.717, 1.165) is 19.1 Å². The first-order chi connectivity index (χ1) is 9.13. The molecule has 0 aromatic heterocycles. The number of hydrogen-bond donors (Lipinski definition) is 1. The fourth-order valence-corrected chi connectivity index (χ4v) is 4.46. The van der Waals surface area contributed by atoms with Gasteiger partial charge in [-0.2, -0.15) is 0 Å². The van der Waals surface area contributed by atoms with Crippen molar-refractivity contribution in [2.45, 2.75) is 78.4 Å². The smallest absolute Gasteiger partial charge is 0.0970 e. The second-order valence-corrected chi connectivity index (χ2v) is 9.18. The van der Waals surface area contributed by atoms with Crippen molar-refractivity contribution < 1.29 is 0 Å². The minimum atomic E-state index is 0.270. The summed E-state index contributed by atoms with van der Waals surface area (Å²) >= 11 is 0. The van der Waals surface area contributed by atoms with Gasteiger partial charge in [-0.05, 0) is 44.4 Å². The van der Waals surface area contributed by atoms with Crippen molar-refractivity contribution in [1.29, 1.82) is 0 Å². The molecule has 1 unspecified atom stereocenters. The fraction of sp³-hybridized carbons (Fsp3) is 0.941. The van der Waals surface area contributed by atoms with Crippen molar-refractivity contribution in [3.63, 3.8) is 0 Å². The molecule has 0 aromatic rings. The molecule has 3 nitrogen and oxygen atoms in total. The predicted molar refractivity (Wildman–Crippen MR) is 85.2 cm³/mol. The van der Waals surface area contributed by atoms with E-state index in [0.29, 0.717) is 16.9 Å². The first-order valence-corrected chi connectivity index (χ1v) is 8.19. The highest BCUT2D eigenvalue weighted by Gasteiger charge is 2.67. The number of rotatable bonds is 2. The van der Waals surface area contributed by atoms with Crippen molar-refractivity contribution in [3.05, 3.63) is 0 Å². The minimum Gasteiger partial charge on any atom is -0.372 e. The molecule has 0 aromatic carbocycles. The number of likely N-dealkylation sites (tertiary alicyclic amines) is 1. The van der Waals surface area contributed by atoms with E-state index in [9.17, 15) is 0 Å². The lowest BCUT2D eigenvalue weighted by molar-refractivity contribution is 0.0362. The Morgan fingerprint density at radius 2 is 1.90 bits per heavy atom. The van der Waals surface area contributed by atoms with Gasteiger partial charge < -0.3 is 5.32 Å². The van der Waals surface area contributed by atoms with Crippen LogP contribution in [0.3, 0.4) is 0 Å². The summed E-state index contributed by atoms with van der Waals surface area (Å²) in [6.45, 7) is 16.4. The van der Waals surface area contributed by atoms with E-state index in [1.807, 2.05) is 0 Å². The van der Waals surface area contributed by atoms with E-state index >= 15 is 0 Å². The molecule has 114 valence electrons. The molecule has 20 heavy (non-hydrogen) atoms. The molecule has 2 aliphatic heterocycles. The minimum absolute atomic E-state index is 0.270. The van der Waals surface area contributed by atoms with Crippen molar-refractivity contribution in [2.24, 2.45) is 15.8 Å². The van der Waals surface area contributed by atoms with Gasteiger partial charge >= 0.3 is 0 Å². The normalized spacial score (nSPS) is 37.6. The van der Waals surface area contributed by atoms with E-state index < -0.39 is 0 Å². The number of nitrogens with one attached hydrogen (secondary N) is 1. The molecule has 1 aliphatic carbocycles. The Bertz CT molecular complexity index is 426. The largest absolute Gasteiger partial charge is 0.372 e. The van der Waals surface area contributed by atoms with Crippen molar-refractivity contribution in [3.8, 4) is 0 Å². The van der Waals surface area contributed by atoms with Crippen LogP contribution in [-0.2, 0) is 0 Å². The first-order valence-electron chi connectivity index (χ1n) is 8.19. The Labute approximate surface area is 124 Å². The van der Waals surface area contributed by atoms with Crippen LogP contribution in [0.15, 0.2) is 4.99 Å². The third kappa shape index (κ3) is 2.28. The summed E-state index contributed by atoms with van der Waals surface area (Å²) in [5.41, 5.74) is 1.14. The maximum atomic E-state index is 4.63. The quantitative estimate of drug-likeness (QED) is 0.840. The number of hydrogen-bond acceptors (Lipinski definition) is 3. The molecule has 0 radical (unpaired) electrons. The van der Waals surface area contributed by atoms with E-state index in [1.165, 1.54) is 25.1 Å². The average molecular weight is 277 g/mol. The highest BCUT2D eigenvalue weighted by molar-refractivity contribution is 5.84. The highest BCUT2D eigenvalue weighted by Crippen LogP contribution is 2.65. The maximum absolute atomic E-state index is 4.63. The summed E-state index contributed by atoms with van der Waals surface area (Å²) < 4.78 is 0. The van der Waals surface area contributed by atoms with Crippen LogP contribution in [0.4, 0.5) is 0 Å². The van der Waals surface area contributed by atoms with Crippen molar-refractivity contribution in [1.82, 2.24) is 10.2 Å². The van der Waals surface area contributed by atoms with Crippen LogP contribution < -0.4 is 5.32 Å². The molecule has 1 saturated heterocycles. The van der Waals surface area contributed by atoms with Crippen LogP contribution in [-0.4, -0.2) is 41.4 Å². The zero-order chi connectivity index (χ0) is 14.8. The highest BCUT2D eigenvalue weighted by atomic mass is 15.3. The van der Waals surface area contributed by atoms with Crippen LogP contribution in [0, 0.1) is 10.8 Å². The van der Waals surface area contributed by atoms with Gasteiger partial charge in [0.1, 0.15) is 0 Å². The molecule has 3 rings (SSSR count). The second-order valence-electron chi connectivity index (χ2n) is 9.18. The first kappa shape index (κ1) is 14.4. The SMILES string of the molecule is CC(C)(C)[C@@H]1C[C@@]2(CC3=NCCN3)CC2N1C(C)(C)C. The van der Waals surface area contributed by atoms with Crippen LogP contribution in [0.5, 0.6) is 0 Å². The van der Waals surface area contributed by atoms with E-state index in [1.54, 1.807) is 0 Å². The Morgan fingerprint density at radius 1 is 1.20 bits per heavy atom.